The summed E-state index contributed by atoms with van der Waals surface area (Å²) < 4.78 is 0. The van der Waals surface area contributed by atoms with Crippen molar-refractivity contribution in [3.8, 4) is 0 Å². The zero-order valence-electron chi connectivity index (χ0n) is 9.29. The van der Waals surface area contributed by atoms with Gasteiger partial charge < -0.3 is 11.1 Å². The summed E-state index contributed by atoms with van der Waals surface area (Å²) in [5.74, 6) is 0.583. The van der Waals surface area contributed by atoms with Crippen molar-refractivity contribution in [2.24, 2.45) is 0 Å². The van der Waals surface area contributed by atoms with E-state index in [1.807, 2.05) is 12.1 Å². The maximum absolute atomic E-state index is 5.66. The molecule has 82 valence electrons. The summed E-state index contributed by atoms with van der Waals surface area (Å²) in [5.41, 5.74) is 6.99. The van der Waals surface area contributed by atoms with Gasteiger partial charge in [0.2, 0.25) is 0 Å². The molecule has 0 spiro atoms. The van der Waals surface area contributed by atoms with E-state index in [2.05, 4.69) is 17.2 Å². The van der Waals surface area contributed by atoms with Crippen LogP contribution in [0.2, 0.25) is 0 Å². The van der Waals surface area contributed by atoms with Gasteiger partial charge in [-0.15, -0.1) is 0 Å². The van der Waals surface area contributed by atoms with E-state index in [0.717, 1.165) is 5.69 Å². The molecule has 0 amide bonds. The Morgan fingerprint density at radius 3 is 2.73 bits per heavy atom. The molecule has 0 aliphatic heterocycles. The molecular weight excluding hydrogens is 186 g/mol. The van der Waals surface area contributed by atoms with Gasteiger partial charge in [-0.3, -0.25) is 0 Å². The quantitative estimate of drug-likeness (QED) is 0.780. The molecule has 1 heterocycles. The predicted octanol–water partition coefficient (Wildman–Crippen LogP) is 2.80. The van der Waals surface area contributed by atoms with Crippen LogP contribution in [0.25, 0.3) is 0 Å². The molecule has 1 fully saturated rings. The molecule has 1 saturated carbocycles. The fourth-order valence-electron chi connectivity index (χ4n) is 2.33. The minimum atomic E-state index is 0.242. The average molecular weight is 205 g/mol. The first-order valence-electron chi connectivity index (χ1n) is 5.68. The molecule has 1 aromatic rings. The van der Waals surface area contributed by atoms with E-state index in [1.54, 1.807) is 6.20 Å². The van der Waals surface area contributed by atoms with Crippen molar-refractivity contribution in [3.63, 3.8) is 0 Å². The van der Waals surface area contributed by atoms with Crippen molar-refractivity contribution >= 4 is 11.5 Å². The van der Waals surface area contributed by atoms with Gasteiger partial charge in [-0.1, -0.05) is 19.3 Å². The molecule has 2 rings (SSSR count). The number of nitrogens with zero attached hydrogens (tertiary/aromatic N) is 1. The Bertz CT molecular complexity index is 329. The van der Waals surface area contributed by atoms with Gasteiger partial charge in [0.15, 0.2) is 0 Å². The van der Waals surface area contributed by atoms with Gasteiger partial charge in [-0.2, -0.15) is 0 Å². The Balaban J connectivity index is 2.06. The number of rotatable bonds is 2. The lowest BCUT2D eigenvalue weighted by molar-refractivity contribution is 0.349. The Morgan fingerprint density at radius 2 is 2.07 bits per heavy atom. The predicted molar refractivity (Wildman–Crippen MR) is 63.8 cm³/mol. The van der Waals surface area contributed by atoms with Crippen molar-refractivity contribution in [1.82, 2.24) is 4.98 Å². The van der Waals surface area contributed by atoms with Crippen LogP contribution in [0.3, 0.4) is 0 Å². The van der Waals surface area contributed by atoms with Gasteiger partial charge in [0.1, 0.15) is 5.82 Å². The number of hydrogen-bond acceptors (Lipinski definition) is 3. The third-order valence-electron chi connectivity index (χ3n) is 3.18. The standard InChI is InChI=1S/C12H19N3/c1-12(6-3-2-4-7-12)15-10-5-8-14-11(13)9-10/h5,8-9H,2-4,6-7H2,1H3,(H3,13,14,15). The molecule has 3 heteroatoms. The third kappa shape index (κ3) is 2.61. The molecule has 0 bridgehead atoms. The largest absolute Gasteiger partial charge is 0.384 e. The lowest BCUT2D eigenvalue weighted by Crippen LogP contribution is -2.36. The number of nitrogen functional groups attached to an aromatic ring is 1. The normalized spacial score (nSPS) is 19.8. The number of anilines is 2. The van der Waals surface area contributed by atoms with Crippen LogP contribution >= 0.6 is 0 Å². The highest BCUT2D eigenvalue weighted by Crippen LogP contribution is 2.31. The number of hydrogen-bond donors (Lipinski definition) is 2. The molecule has 15 heavy (non-hydrogen) atoms. The first-order chi connectivity index (χ1) is 7.18. The fourth-order valence-corrected chi connectivity index (χ4v) is 2.33. The molecule has 0 saturated heterocycles. The summed E-state index contributed by atoms with van der Waals surface area (Å²) in [6.45, 7) is 2.29. The Labute approximate surface area is 91.1 Å². The summed E-state index contributed by atoms with van der Waals surface area (Å²) >= 11 is 0. The van der Waals surface area contributed by atoms with Crippen LogP contribution in [0.4, 0.5) is 11.5 Å². The maximum Gasteiger partial charge on any atom is 0.125 e. The Kier molecular flexibility index (Phi) is 2.80. The molecule has 0 atom stereocenters. The third-order valence-corrected chi connectivity index (χ3v) is 3.18. The summed E-state index contributed by atoms with van der Waals surface area (Å²) in [6.07, 6.45) is 8.26. The van der Waals surface area contributed by atoms with E-state index < -0.39 is 0 Å². The van der Waals surface area contributed by atoms with E-state index in [9.17, 15) is 0 Å². The van der Waals surface area contributed by atoms with Crippen LogP contribution in [-0.4, -0.2) is 10.5 Å². The monoisotopic (exact) mass is 205 g/mol. The van der Waals surface area contributed by atoms with Crippen LogP contribution in [0.15, 0.2) is 18.3 Å². The SMILES string of the molecule is CC1(Nc2ccnc(N)c2)CCCCC1. The van der Waals surface area contributed by atoms with E-state index >= 15 is 0 Å². The highest BCUT2D eigenvalue weighted by atomic mass is 15.0. The van der Waals surface area contributed by atoms with E-state index in [1.165, 1.54) is 32.1 Å². The van der Waals surface area contributed by atoms with E-state index in [0.29, 0.717) is 5.82 Å². The zero-order valence-corrected chi connectivity index (χ0v) is 9.29. The smallest absolute Gasteiger partial charge is 0.125 e. The van der Waals surface area contributed by atoms with Gasteiger partial charge >= 0.3 is 0 Å². The number of nitrogens with one attached hydrogen (secondary N) is 1. The van der Waals surface area contributed by atoms with Crippen LogP contribution in [-0.2, 0) is 0 Å². The molecule has 3 nitrogen and oxygen atoms in total. The molecule has 1 aliphatic rings. The summed E-state index contributed by atoms with van der Waals surface area (Å²) in [7, 11) is 0. The van der Waals surface area contributed by atoms with E-state index in [-0.39, 0.29) is 5.54 Å². The topological polar surface area (TPSA) is 50.9 Å². The van der Waals surface area contributed by atoms with Gasteiger partial charge in [-0.25, -0.2) is 4.98 Å². The number of aromatic nitrogens is 1. The molecule has 0 aromatic carbocycles. The Hall–Kier alpha value is -1.25. The van der Waals surface area contributed by atoms with Gasteiger partial charge in [0.25, 0.3) is 0 Å². The Morgan fingerprint density at radius 1 is 1.33 bits per heavy atom. The van der Waals surface area contributed by atoms with Crippen molar-refractivity contribution in [1.29, 1.82) is 0 Å². The summed E-state index contributed by atoms with van der Waals surface area (Å²) in [6, 6.07) is 3.88. The summed E-state index contributed by atoms with van der Waals surface area (Å²) in [5, 5.41) is 3.58. The molecule has 1 aliphatic carbocycles. The minimum absolute atomic E-state index is 0.242. The van der Waals surface area contributed by atoms with Gasteiger partial charge in [0, 0.05) is 23.5 Å². The van der Waals surface area contributed by atoms with E-state index in [4.69, 9.17) is 5.73 Å². The highest BCUT2D eigenvalue weighted by molar-refractivity contribution is 5.51. The van der Waals surface area contributed by atoms with Crippen molar-refractivity contribution in [3.05, 3.63) is 18.3 Å². The van der Waals surface area contributed by atoms with Crippen LogP contribution in [0.1, 0.15) is 39.0 Å². The van der Waals surface area contributed by atoms with Gasteiger partial charge in [0.05, 0.1) is 0 Å². The minimum Gasteiger partial charge on any atom is -0.384 e. The molecule has 3 N–H and O–H groups in total. The van der Waals surface area contributed by atoms with Crippen molar-refractivity contribution in [2.75, 3.05) is 11.1 Å². The lowest BCUT2D eigenvalue weighted by Gasteiger charge is -2.35. The van der Waals surface area contributed by atoms with Crippen molar-refractivity contribution in [2.45, 2.75) is 44.6 Å². The second-order valence-electron chi connectivity index (χ2n) is 4.72. The number of pyridine rings is 1. The van der Waals surface area contributed by atoms with Crippen LogP contribution < -0.4 is 11.1 Å². The first-order valence-corrected chi connectivity index (χ1v) is 5.68. The summed E-state index contributed by atoms with van der Waals surface area (Å²) in [4.78, 5) is 3.99. The van der Waals surface area contributed by atoms with Crippen LogP contribution in [0.5, 0.6) is 0 Å². The molecule has 0 unspecified atom stereocenters. The zero-order chi connectivity index (χ0) is 10.7. The molecule has 1 aromatic heterocycles. The average Bonchev–Trinajstić information content (AvgIpc) is 2.18. The fraction of sp³-hybridized carbons (Fsp3) is 0.583. The van der Waals surface area contributed by atoms with Gasteiger partial charge in [-0.05, 0) is 25.8 Å². The van der Waals surface area contributed by atoms with Crippen molar-refractivity contribution < 1.29 is 0 Å². The second kappa shape index (κ2) is 4.09. The lowest BCUT2D eigenvalue weighted by atomic mass is 9.83. The molecule has 0 radical (unpaired) electrons. The highest BCUT2D eigenvalue weighted by Gasteiger charge is 2.26. The molecular formula is C12H19N3. The first kappa shape index (κ1) is 10.3. The second-order valence-corrected chi connectivity index (χ2v) is 4.72. The number of nitrogens with two attached hydrogens (primary N) is 1. The maximum atomic E-state index is 5.66. The van der Waals surface area contributed by atoms with Crippen LogP contribution in [0, 0.1) is 0 Å².